The van der Waals surface area contributed by atoms with E-state index in [2.05, 4.69) is 17.0 Å². The van der Waals surface area contributed by atoms with E-state index in [1.165, 1.54) is 31.5 Å². The summed E-state index contributed by atoms with van der Waals surface area (Å²) in [6.07, 6.45) is 2.68. The number of rotatable bonds is 2. The van der Waals surface area contributed by atoms with E-state index < -0.39 is 0 Å². The molecule has 2 N–H and O–H groups in total. The van der Waals surface area contributed by atoms with E-state index in [4.69, 9.17) is 5.73 Å². The Bertz CT molecular complexity index is 265. The van der Waals surface area contributed by atoms with Crippen molar-refractivity contribution >= 4 is 5.69 Å². The summed E-state index contributed by atoms with van der Waals surface area (Å²) >= 11 is 0. The van der Waals surface area contributed by atoms with Crippen LogP contribution in [0.5, 0.6) is 0 Å². The van der Waals surface area contributed by atoms with Crippen molar-refractivity contribution in [2.75, 3.05) is 18.8 Å². The van der Waals surface area contributed by atoms with E-state index in [-0.39, 0.29) is 58.2 Å². The fourth-order valence-corrected chi connectivity index (χ4v) is 1.75. The summed E-state index contributed by atoms with van der Waals surface area (Å²) in [5, 5.41) is 0. The van der Waals surface area contributed by atoms with Crippen LogP contribution in [0.15, 0.2) is 18.2 Å². The molecule has 1 aliphatic rings. The maximum atomic E-state index is 5.59. The van der Waals surface area contributed by atoms with Gasteiger partial charge in [-0.2, -0.15) is 18.2 Å². The van der Waals surface area contributed by atoms with Crippen molar-refractivity contribution < 1.29 is 58.2 Å². The van der Waals surface area contributed by atoms with Crippen LogP contribution in [0.25, 0.3) is 0 Å². The Morgan fingerprint density at radius 1 is 1.29 bits per heavy atom. The Morgan fingerprint density at radius 3 is 2.57 bits per heavy atom. The van der Waals surface area contributed by atoms with Crippen LogP contribution in [-0.4, -0.2) is 18.0 Å². The fourth-order valence-electron chi connectivity index (χ4n) is 1.75. The summed E-state index contributed by atoms with van der Waals surface area (Å²) < 4.78 is 0. The first-order valence-corrected chi connectivity index (χ1v) is 4.83. The van der Waals surface area contributed by atoms with Crippen LogP contribution in [0, 0.1) is 6.07 Å². The number of hydrogen-bond acceptors (Lipinski definition) is 2. The molecule has 0 aromatic heterocycles. The molecule has 0 radical (unpaired) electrons. The zero-order valence-corrected chi connectivity index (χ0v) is 13.7. The number of benzene rings is 1. The monoisotopic (exact) mass is 260 g/mol. The molecule has 14 heavy (non-hydrogen) atoms. The third kappa shape index (κ3) is 3.74. The molecule has 0 spiro atoms. The normalized spacial score (nSPS) is 16.6. The molecule has 0 unspecified atom stereocenters. The van der Waals surface area contributed by atoms with Gasteiger partial charge in [0.05, 0.1) is 0 Å². The third-order valence-electron chi connectivity index (χ3n) is 2.49. The Hall–Kier alpha value is 0.785. The van der Waals surface area contributed by atoms with Crippen LogP contribution >= 0.6 is 0 Å². The summed E-state index contributed by atoms with van der Waals surface area (Å²) in [6.45, 7) is 3.50. The number of anilines is 1. The average molecular weight is 261 g/mol. The van der Waals surface area contributed by atoms with Gasteiger partial charge in [0.15, 0.2) is 0 Å². The molecular formula is C11H15N2Rb. The fraction of sp³-hybridized carbons (Fsp3) is 0.455. The molecule has 1 saturated heterocycles. The standard InChI is InChI=1S/C11H15N2.Rb/c12-11-5-3-10(4-6-11)9-13-7-1-2-8-13;/h3,5-6H,1-2,7-9,12H2;/q-1;+1. The van der Waals surface area contributed by atoms with Crippen molar-refractivity contribution in [3.8, 4) is 0 Å². The van der Waals surface area contributed by atoms with E-state index in [1.54, 1.807) is 0 Å². The number of hydrogen-bond donors (Lipinski definition) is 1. The van der Waals surface area contributed by atoms with Crippen molar-refractivity contribution in [1.29, 1.82) is 0 Å². The zero-order chi connectivity index (χ0) is 9.10. The molecule has 2 rings (SSSR count). The number of nitrogen functional groups attached to an aromatic ring is 1. The molecule has 1 aromatic carbocycles. The molecule has 70 valence electrons. The Labute approximate surface area is 135 Å². The van der Waals surface area contributed by atoms with Crippen molar-refractivity contribution in [2.45, 2.75) is 19.4 Å². The largest absolute Gasteiger partial charge is 1.00 e. The molecule has 0 amide bonds. The van der Waals surface area contributed by atoms with Crippen molar-refractivity contribution in [1.82, 2.24) is 4.90 Å². The van der Waals surface area contributed by atoms with Gasteiger partial charge in [-0.05, 0) is 25.9 Å². The maximum Gasteiger partial charge on any atom is 1.00 e. The van der Waals surface area contributed by atoms with Gasteiger partial charge in [-0.25, -0.2) is 0 Å². The van der Waals surface area contributed by atoms with E-state index in [9.17, 15) is 0 Å². The zero-order valence-electron chi connectivity index (χ0n) is 8.79. The van der Waals surface area contributed by atoms with Gasteiger partial charge in [0, 0.05) is 6.54 Å². The molecule has 1 aromatic rings. The predicted octanol–water partition coefficient (Wildman–Crippen LogP) is -1.33. The van der Waals surface area contributed by atoms with Gasteiger partial charge in [-0.1, -0.05) is 5.69 Å². The van der Waals surface area contributed by atoms with Crippen molar-refractivity contribution in [3.05, 3.63) is 29.8 Å². The number of likely N-dealkylation sites (tertiary alicyclic amines) is 1. The van der Waals surface area contributed by atoms with E-state index >= 15 is 0 Å². The second kappa shape index (κ2) is 6.39. The summed E-state index contributed by atoms with van der Waals surface area (Å²) in [5.41, 5.74) is 7.63. The molecule has 3 heteroatoms. The second-order valence-corrected chi connectivity index (χ2v) is 3.63. The van der Waals surface area contributed by atoms with Crippen molar-refractivity contribution in [2.24, 2.45) is 0 Å². The predicted molar refractivity (Wildman–Crippen MR) is 54.2 cm³/mol. The van der Waals surface area contributed by atoms with E-state index in [0.29, 0.717) is 0 Å². The van der Waals surface area contributed by atoms with Gasteiger partial charge in [-0.15, -0.1) is 11.6 Å². The molecule has 2 nitrogen and oxygen atoms in total. The minimum Gasteiger partial charge on any atom is -0.449 e. The molecular weight excluding hydrogens is 246 g/mol. The number of nitrogens with two attached hydrogens (primary N) is 1. The molecule has 1 heterocycles. The molecule has 0 atom stereocenters. The summed E-state index contributed by atoms with van der Waals surface area (Å²) in [5.74, 6) is 0. The maximum absolute atomic E-state index is 5.59. The molecule has 1 fully saturated rings. The first-order chi connectivity index (χ1) is 6.34. The molecule has 0 saturated carbocycles. The van der Waals surface area contributed by atoms with E-state index in [1.807, 2.05) is 12.1 Å². The Kier molecular flexibility index (Phi) is 5.86. The van der Waals surface area contributed by atoms with Crippen LogP contribution in [-0.2, 0) is 6.54 Å². The van der Waals surface area contributed by atoms with Gasteiger partial charge in [-0.3, -0.25) is 0 Å². The van der Waals surface area contributed by atoms with Crippen LogP contribution in [0.3, 0.4) is 0 Å². The minimum atomic E-state index is 0. The smallest absolute Gasteiger partial charge is 0.449 e. The van der Waals surface area contributed by atoms with Gasteiger partial charge in [0.1, 0.15) is 0 Å². The Balaban J connectivity index is 0.000000980. The van der Waals surface area contributed by atoms with Crippen LogP contribution in [0.1, 0.15) is 18.4 Å². The Morgan fingerprint density at radius 2 is 2.00 bits per heavy atom. The minimum absolute atomic E-state index is 0. The first-order valence-electron chi connectivity index (χ1n) is 4.83. The molecule has 0 aliphatic carbocycles. The van der Waals surface area contributed by atoms with Gasteiger partial charge in [0.2, 0.25) is 0 Å². The van der Waals surface area contributed by atoms with Gasteiger partial charge in [0.25, 0.3) is 0 Å². The number of nitrogens with zero attached hydrogens (tertiary/aromatic N) is 1. The van der Waals surface area contributed by atoms with Crippen LogP contribution in [0.4, 0.5) is 5.69 Å². The average Bonchev–Trinajstić information content (AvgIpc) is 2.62. The second-order valence-electron chi connectivity index (χ2n) is 3.63. The molecule has 1 aliphatic heterocycles. The SMILES string of the molecule is Nc1c[c-]c(CN2CCCC2)cc1.[Rb+]. The van der Waals surface area contributed by atoms with Crippen molar-refractivity contribution in [3.63, 3.8) is 0 Å². The van der Waals surface area contributed by atoms with Crippen LogP contribution in [0.2, 0.25) is 0 Å². The van der Waals surface area contributed by atoms with E-state index in [0.717, 1.165) is 12.2 Å². The third-order valence-corrected chi connectivity index (χ3v) is 2.49. The first kappa shape index (κ1) is 12.9. The summed E-state index contributed by atoms with van der Waals surface area (Å²) in [6, 6.07) is 9.06. The quantitative estimate of drug-likeness (QED) is 0.527. The van der Waals surface area contributed by atoms with Gasteiger partial charge >= 0.3 is 58.2 Å². The summed E-state index contributed by atoms with van der Waals surface area (Å²) in [7, 11) is 0. The topological polar surface area (TPSA) is 29.3 Å². The van der Waals surface area contributed by atoms with Gasteiger partial charge < -0.3 is 10.6 Å². The molecule has 0 bridgehead atoms. The van der Waals surface area contributed by atoms with Crippen LogP contribution < -0.4 is 63.9 Å². The summed E-state index contributed by atoms with van der Waals surface area (Å²) in [4.78, 5) is 2.46.